The molecule has 0 spiro atoms. The molecule has 1 heterocycles. The minimum Gasteiger partial charge on any atom is -0.374 e. The second kappa shape index (κ2) is 3.72. The van der Waals surface area contributed by atoms with E-state index in [2.05, 4.69) is 18.0 Å². The van der Waals surface area contributed by atoms with Crippen LogP contribution < -0.4 is 4.90 Å². The van der Waals surface area contributed by atoms with Crippen LogP contribution in [0.1, 0.15) is 12.5 Å². The minimum atomic E-state index is 0.604. The lowest BCUT2D eigenvalue weighted by molar-refractivity contribution is 0.961. The van der Waals surface area contributed by atoms with Gasteiger partial charge < -0.3 is 4.90 Å². The van der Waals surface area contributed by atoms with Crippen molar-refractivity contribution in [3.63, 3.8) is 0 Å². The summed E-state index contributed by atoms with van der Waals surface area (Å²) in [5, 5.41) is 8.61. The number of aromatic nitrogens is 1. The molecule has 0 radical (unpaired) electrons. The Morgan fingerprint density at radius 3 is 2.92 bits per heavy atom. The zero-order chi connectivity index (χ0) is 8.97. The summed E-state index contributed by atoms with van der Waals surface area (Å²) in [6, 6.07) is 3.89. The summed E-state index contributed by atoms with van der Waals surface area (Å²) >= 11 is 0. The molecule has 1 aromatic rings. The van der Waals surface area contributed by atoms with E-state index in [1.807, 2.05) is 18.0 Å². The van der Waals surface area contributed by atoms with E-state index in [4.69, 9.17) is 5.26 Å². The molecule has 3 nitrogen and oxygen atoms in total. The van der Waals surface area contributed by atoms with Crippen molar-refractivity contribution in [1.29, 1.82) is 5.26 Å². The van der Waals surface area contributed by atoms with Crippen LogP contribution in [0.3, 0.4) is 0 Å². The SMILES string of the molecule is CCN(C)c1cncc(C#N)c1. The quantitative estimate of drug-likeness (QED) is 0.658. The number of nitrogens with zero attached hydrogens (tertiary/aromatic N) is 3. The second-order valence-corrected chi connectivity index (χ2v) is 2.56. The van der Waals surface area contributed by atoms with Gasteiger partial charge >= 0.3 is 0 Å². The van der Waals surface area contributed by atoms with E-state index in [1.165, 1.54) is 0 Å². The maximum atomic E-state index is 8.61. The molecule has 0 aromatic carbocycles. The number of hydrogen-bond acceptors (Lipinski definition) is 3. The summed E-state index contributed by atoms with van der Waals surface area (Å²) in [6.45, 7) is 2.97. The summed E-state index contributed by atoms with van der Waals surface area (Å²) in [4.78, 5) is 6.00. The Bertz CT molecular complexity index is 301. The molecule has 0 aliphatic carbocycles. The van der Waals surface area contributed by atoms with Crippen molar-refractivity contribution in [1.82, 2.24) is 4.98 Å². The third-order valence-electron chi connectivity index (χ3n) is 1.77. The lowest BCUT2D eigenvalue weighted by atomic mass is 10.3. The van der Waals surface area contributed by atoms with E-state index in [-0.39, 0.29) is 0 Å². The van der Waals surface area contributed by atoms with Crippen molar-refractivity contribution in [3.8, 4) is 6.07 Å². The van der Waals surface area contributed by atoms with Gasteiger partial charge in [-0.05, 0) is 13.0 Å². The van der Waals surface area contributed by atoms with Crippen LogP contribution in [0.5, 0.6) is 0 Å². The molecule has 3 heteroatoms. The molecule has 0 aliphatic heterocycles. The molecule has 62 valence electrons. The maximum absolute atomic E-state index is 8.61. The molecule has 0 aliphatic rings. The van der Waals surface area contributed by atoms with Crippen LogP contribution in [0.25, 0.3) is 0 Å². The highest BCUT2D eigenvalue weighted by Crippen LogP contribution is 2.11. The topological polar surface area (TPSA) is 39.9 Å². The Morgan fingerprint density at radius 2 is 2.33 bits per heavy atom. The number of nitriles is 1. The first-order valence-corrected chi connectivity index (χ1v) is 3.84. The number of anilines is 1. The minimum absolute atomic E-state index is 0.604. The molecule has 0 saturated carbocycles. The van der Waals surface area contributed by atoms with Gasteiger partial charge in [-0.1, -0.05) is 0 Å². The number of pyridine rings is 1. The molecule has 0 unspecified atom stereocenters. The Hall–Kier alpha value is -1.56. The molecular formula is C9H11N3. The first-order valence-electron chi connectivity index (χ1n) is 3.84. The summed E-state index contributed by atoms with van der Waals surface area (Å²) in [6.07, 6.45) is 3.32. The zero-order valence-corrected chi connectivity index (χ0v) is 7.28. The number of rotatable bonds is 2. The Balaban J connectivity index is 2.95. The molecular weight excluding hydrogens is 150 g/mol. The van der Waals surface area contributed by atoms with Gasteiger partial charge in [-0.15, -0.1) is 0 Å². The van der Waals surface area contributed by atoms with Crippen LogP contribution in [0.2, 0.25) is 0 Å². The highest BCUT2D eigenvalue weighted by atomic mass is 15.1. The lowest BCUT2D eigenvalue weighted by Crippen LogP contribution is -2.15. The van der Waals surface area contributed by atoms with Crippen LogP contribution in [-0.2, 0) is 0 Å². The molecule has 0 atom stereocenters. The van der Waals surface area contributed by atoms with Gasteiger partial charge in [0.1, 0.15) is 6.07 Å². The average Bonchev–Trinajstić information content (AvgIpc) is 2.17. The fraction of sp³-hybridized carbons (Fsp3) is 0.333. The Kier molecular flexibility index (Phi) is 2.65. The van der Waals surface area contributed by atoms with Crippen molar-refractivity contribution in [2.24, 2.45) is 0 Å². The molecule has 0 N–H and O–H groups in total. The maximum Gasteiger partial charge on any atom is 0.101 e. The van der Waals surface area contributed by atoms with E-state index in [0.717, 1.165) is 12.2 Å². The van der Waals surface area contributed by atoms with E-state index in [1.54, 1.807) is 12.4 Å². The monoisotopic (exact) mass is 161 g/mol. The second-order valence-electron chi connectivity index (χ2n) is 2.56. The van der Waals surface area contributed by atoms with Crippen molar-refractivity contribution in [2.45, 2.75) is 6.92 Å². The van der Waals surface area contributed by atoms with E-state index >= 15 is 0 Å². The summed E-state index contributed by atoms with van der Waals surface area (Å²) in [5.74, 6) is 0. The molecule has 1 rings (SSSR count). The van der Waals surface area contributed by atoms with Crippen LogP contribution in [0.4, 0.5) is 5.69 Å². The van der Waals surface area contributed by atoms with E-state index < -0.39 is 0 Å². The smallest absolute Gasteiger partial charge is 0.101 e. The van der Waals surface area contributed by atoms with Crippen LogP contribution in [-0.4, -0.2) is 18.6 Å². The van der Waals surface area contributed by atoms with Crippen molar-refractivity contribution >= 4 is 5.69 Å². The van der Waals surface area contributed by atoms with Gasteiger partial charge in [0.2, 0.25) is 0 Å². The van der Waals surface area contributed by atoms with E-state index in [0.29, 0.717) is 5.56 Å². The lowest BCUT2D eigenvalue weighted by Gasteiger charge is -2.15. The standard InChI is InChI=1S/C9H11N3/c1-3-12(2)9-4-8(5-10)6-11-7-9/h4,6-7H,3H2,1-2H3. The molecule has 1 aromatic heterocycles. The zero-order valence-electron chi connectivity index (χ0n) is 7.28. The van der Waals surface area contributed by atoms with Crippen molar-refractivity contribution < 1.29 is 0 Å². The largest absolute Gasteiger partial charge is 0.374 e. The summed E-state index contributed by atoms with van der Waals surface area (Å²) in [5.41, 5.74) is 1.59. The predicted molar refractivity (Wildman–Crippen MR) is 47.9 cm³/mol. The van der Waals surface area contributed by atoms with Gasteiger partial charge in [0, 0.05) is 19.8 Å². The van der Waals surface area contributed by atoms with Crippen LogP contribution in [0.15, 0.2) is 18.5 Å². The van der Waals surface area contributed by atoms with Gasteiger partial charge in [0.15, 0.2) is 0 Å². The normalized spacial score (nSPS) is 9.08. The number of hydrogen-bond donors (Lipinski definition) is 0. The Morgan fingerprint density at radius 1 is 1.58 bits per heavy atom. The molecule has 0 amide bonds. The van der Waals surface area contributed by atoms with Gasteiger partial charge in [0.05, 0.1) is 17.4 Å². The molecule has 0 bridgehead atoms. The van der Waals surface area contributed by atoms with Gasteiger partial charge in [0.25, 0.3) is 0 Å². The third kappa shape index (κ3) is 1.73. The molecule has 0 fully saturated rings. The van der Waals surface area contributed by atoms with Gasteiger partial charge in [-0.25, -0.2) is 0 Å². The predicted octanol–water partition coefficient (Wildman–Crippen LogP) is 1.41. The van der Waals surface area contributed by atoms with Crippen LogP contribution >= 0.6 is 0 Å². The molecule has 0 saturated heterocycles. The van der Waals surface area contributed by atoms with Crippen LogP contribution in [0, 0.1) is 11.3 Å². The first kappa shape index (κ1) is 8.54. The van der Waals surface area contributed by atoms with E-state index in [9.17, 15) is 0 Å². The fourth-order valence-corrected chi connectivity index (χ4v) is 0.880. The summed E-state index contributed by atoms with van der Waals surface area (Å²) < 4.78 is 0. The summed E-state index contributed by atoms with van der Waals surface area (Å²) in [7, 11) is 1.97. The van der Waals surface area contributed by atoms with Gasteiger partial charge in [-0.2, -0.15) is 5.26 Å². The average molecular weight is 161 g/mol. The van der Waals surface area contributed by atoms with Crippen molar-refractivity contribution in [3.05, 3.63) is 24.0 Å². The fourth-order valence-electron chi connectivity index (χ4n) is 0.880. The Labute approximate surface area is 72.3 Å². The first-order chi connectivity index (χ1) is 5.77. The highest BCUT2D eigenvalue weighted by Gasteiger charge is 1.98. The third-order valence-corrected chi connectivity index (χ3v) is 1.77. The van der Waals surface area contributed by atoms with Gasteiger partial charge in [-0.3, -0.25) is 4.98 Å². The molecule has 12 heavy (non-hydrogen) atoms. The van der Waals surface area contributed by atoms with Crippen molar-refractivity contribution in [2.75, 3.05) is 18.5 Å². The highest BCUT2D eigenvalue weighted by molar-refractivity contribution is 5.47.